The fourth-order valence-electron chi connectivity index (χ4n) is 5.88. The Morgan fingerprint density at radius 2 is 1.56 bits per heavy atom. The van der Waals surface area contributed by atoms with Gasteiger partial charge in [0.25, 0.3) is 0 Å². The lowest BCUT2D eigenvalue weighted by Crippen LogP contribution is -2.34. The number of ether oxygens (including phenoxy) is 2. The van der Waals surface area contributed by atoms with Gasteiger partial charge >= 0.3 is 6.18 Å². The van der Waals surface area contributed by atoms with E-state index in [-0.39, 0.29) is 6.42 Å². The molecule has 4 aromatic carbocycles. The Labute approximate surface area is 259 Å². The molecule has 0 fully saturated rings. The summed E-state index contributed by atoms with van der Waals surface area (Å²) in [5.74, 6) is 2.38. The highest BCUT2D eigenvalue weighted by molar-refractivity contribution is 6.05. The van der Waals surface area contributed by atoms with Crippen molar-refractivity contribution in [3.05, 3.63) is 121 Å². The van der Waals surface area contributed by atoms with Crippen molar-refractivity contribution in [3.63, 3.8) is 0 Å². The first-order chi connectivity index (χ1) is 21.6. The number of alkyl halides is 3. The molecular formula is C38H29F3N2O2. The van der Waals surface area contributed by atoms with Crippen LogP contribution in [0.4, 0.5) is 13.2 Å². The van der Waals surface area contributed by atoms with Crippen LogP contribution < -0.4 is 9.47 Å². The van der Waals surface area contributed by atoms with Gasteiger partial charge in [-0.25, -0.2) is 0 Å². The van der Waals surface area contributed by atoms with Crippen LogP contribution in [0.5, 0.6) is 23.0 Å². The highest BCUT2D eigenvalue weighted by Gasteiger charge is 2.47. The lowest BCUT2D eigenvalue weighted by atomic mass is 9.83. The van der Waals surface area contributed by atoms with E-state index in [9.17, 15) is 13.2 Å². The van der Waals surface area contributed by atoms with Crippen LogP contribution in [0.1, 0.15) is 25.0 Å². The first-order valence-electron chi connectivity index (χ1n) is 14.7. The fourth-order valence-corrected chi connectivity index (χ4v) is 5.88. The third kappa shape index (κ3) is 5.39. The molecule has 224 valence electrons. The molecule has 0 saturated carbocycles. The Hall–Kier alpha value is -5.17. The van der Waals surface area contributed by atoms with Gasteiger partial charge in [0.05, 0.1) is 11.1 Å². The standard InChI is InChI=1S/C38H29F3N2O2/c1-23-16-27(21-29(17-23)44-28-10-6-8-25(20-28)32-12-4-5-14-42-32)35-36-31(13-15-43-35)30-11-7-9-26-18-24(19-33(45-36)34(26)30)22-37(2,3)38(39,40)41/h4-21H,22H2,1-3H3. The van der Waals surface area contributed by atoms with E-state index in [1.54, 1.807) is 18.5 Å². The van der Waals surface area contributed by atoms with Crippen LogP contribution in [0.2, 0.25) is 0 Å². The normalized spacial score (nSPS) is 12.5. The van der Waals surface area contributed by atoms with Gasteiger partial charge in [0.1, 0.15) is 22.9 Å². The van der Waals surface area contributed by atoms with Gasteiger partial charge < -0.3 is 9.47 Å². The molecule has 0 saturated heterocycles. The molecule has 0 amide bonds. The second kappa shape index (κ2) is 10.8. The molecule has 3 heterocycles. The summed E-state index contributed by atoms with van der Waals surface area (Å²) in [4.78, 5) is 9.16. The van der Waals surface area contributed by atoms with E-state index in [1.807, 2.05) is 97.9 Å². The topological polar surface area (TPSA) is 44.2 Å². The van der Waals surface area contributed by atoms with Crippen LogP contribution >= 0.6 is 0 Å². The predicted molar refractivity (Wildman–Crippen MR) is 171 cm³/mol. The number of rotatable bonds is 6. The molecule has 4 nitrogen and oxygen atoms in total. The molecule has 0 spiro atoms. The molecule has 45 heavy (non-hydrogen) atoms. The zero-order valence-electron chi connectivity index (χ0n) is 24.9. The van der Waals surface area contributed by atoms with Gasteiger partial charge in [-0.3, -0.25) is 9.97 Å². The minimum atomic E-state index is -4.34. The molecule has 6 aromatic rings. The summed E-state index contributed by atoms with van der Waals surface area (Å²) in [7, 11) is 0. The first kappa shape index (κ1) is 28.6. The zero-order valence-corrected chi connectivity index (χ0v) is 24.9. The van der Waals surface area contributed by atoms with Gasteiger partial charge in [0, 0.05) is 34.5 Å². The van der Waals surface area contributed by atoms with E-state index in [0.29, 0.717) is 34.3 Å². The minimum absolute atomic E-state index is 0.167. The molecule has 2 aromatic heterocycles. The summed E-state index contributed by atoms with van der Waals surface area (Å²) in [6, 6.07) is 30.8. The molecule has 0 bridgehead atoms. The Morgan fingerprint density at radius 1 is 0.733 bits per heavy atom. The molecule has 0 atom stereocenters. The van der Waals surface area contributed by atoms with E-state index in [0.717, 1.165) is 44.3 Å². The van der Waals surface area contributed by atoms with Crippen LogP contribution in [0.25, 0.3) is 44.4 Å². The molecular weight excluding hydrogens is 573 g/mol. The van der Waals surface area contributed by atoms with Crippen molar-refractivity contribution in [1.29, 1.82) is 0 Å². The third-order valence-corrected chi connectivity index (χ3v) is 8.18. The van der Waals surface area contributed by atoms with E-state index < -0.39 is 11.6 Å². The van der Waals surface area contributed by atoms with Gasteiger partial charge in [0.15, 0.2) is 5.75 Å². The lowest BCUT2D eigenvalue weighted by Gasteiger charge is -2.29. The summed E-state index contributed by atoms with van der Waals surface area (Å²) >= 11 is 0. The van der Waals surface area contributed by atoms with Crippen molar-refractivity contribution in [3.8, 4) is 56.6 Å². The summed E-state index contributed by atoms with van der Waals surface area (Å²) in [6.45, 7) is 4.44. The van der Waals surface area contributed by atoms with Gasteiger partial charge in [-0.05, 0) is 90.0 Å². The second-order valence-electron chi connectivity index (χ2n) is 12.1. The fraction of sp³-hybridized carbons (Fsp3) is 0.158. The number of nitrogens with zero attached hydrogens (tertiary/aromatic N) is 2. The SMILES string of the molecule is Cc1cc(Oc2cccc(-c3ccccn3)c2)cc(-c2nccc3c2Oc2cc(CC(C)(C)C(F)(F)F)cc4cccc-3c24)c1. The average molecular weight is 603 g/mol. The van der Waals surface area contributed by atoms with Crippen molar-refractivity contribution in [2.75, 3.05) is 0 Å². The molecule has 0 radical (unpaired) electrons. The monoisotopic (exact) mass is 602 g/mol. The maximum Gasteiger partial charge on any atom is 0.394 e. The third-order valence-electron chi connectivity index (χ3n) is 8.18. The largest absolute Gasteiger partial charge is 0.457 e. The molecule has 7 heteroatoms. The maximum absolute atomic E-state index is 13.8. The molecule has 0 unspecified atom stereocenters. The first-order valence-corrected chi connectivity index (χ1v) is 14.7. The van der Waals surface area contributed by atoms with E-state index in [2.05, 4.69) is 4.98 Å². The van der Waals surface area contributed by atoms with Crippen LogP contribution in [0, 0.1) is 12.3 Å². The number of hydrogen-bond donors (Lipinski definition) is 0. The Kier molecular flexibility index (Phi) is 6.84. The number of halogens is 3. The van der Waals surface area contributed by atoms with E-state index >= 15 is 0 Å². The van der Waals surface area contributed by atoms with E-state index in [4.69, 9.17) is 14.5 Å². The number of aryl methyl sites for hydroxylation is 1. The van der Waals surface area contributed by atoms with Crippen molar-refractivity contribution in [1.82, 2.24) is 9.97 Å². The quantitative estimate of drug-likeness (QED) is 0.190. The lowest BCUT2D eigenvalue weighted by molar-refractivity contribution is -0.211. The summed E-state index contributed by atoms with van der Waals surface area (Å²) < 4.78 is 54.2. The maximum atomic E-state index is 13.8. The molecule has 1 aliphatic heterocycles. The Morgan fingerprint density at radius 3 is 2.36 bits per heavy atom. The number of pyridine rings is 2. The second-order valence-corrected chi connectivity index (χ2v) is 12.1. The van der Waals surface area contributed by atoms with E-state index in [1.165, 1.54) is 13.8 Å². The van der Waals surface area contributed by atoms with Crippen molar-refractivity contribution in [2.45, 2.75) is 33.4 Å². The zero-order chi connectivity index (χ0) is 31.3. The average Bonchev–Trinajstić information content (AvgIpc) is 3.00. The van der Waals surface area contributed by atoms with Gasteiger partial charge in [-0.2, -0.15) is 13.2 Å². The number of hydrogen-bond acceptors (Lipinski definition) is 4. The van der Waals surface area contributed by atoms with Gasteiger partial charge in [-0.15, -0.1) is 0 Å². The highest BCUT2D eigenvalue weighted by atomic mass is 19.4. The van der Waals surface area contributed by atoms with Crippen molar-refractivity contribution >= 4 is 10.8 Å². The van der Waals surface area contributed by atoms with Gasteiger partial charge in [0.2, 0.25) is 0 Å². The van der Waals surface area contributed by atoms with Gasteiger partial charge in [-0.1, -0.05) is 56.3 Å². The predicted octanol–water partition coefficient (Wildman–Crippen LogP) is 11.0. The van der Waals surface area contributed by atoms with Crippen LogP contribution in [0.3, 0.4) is 0 Å². The summed E-state index contributed by atoms with van der Waals surface area (Å²) in [5.41, 5.74) is 4.67. The van der Waals surface area contributed by atoms with Crippen LogP contribution in [0.15, 0.2) is 109 Å². The number of fused-ring (bicyclic) bond motifs is 2. The smallest absolute Gasteiger partial charge is 0.394 e. The molecule has 7 rings (SSSR count). The highest BCUT2D eigenvalue weighted by Crippen LogP contribution is 2.51. The Balaban J connectivity index is 1.27. The number of aromatic nitrogens is 2. The molecule has 1 aliphatic rings. The molecule has 0 aliphatic carbocycles. The Bertz CT molecular complexity index is 2070. The minimum Gasteiger partial charge on any atom is -0.457 e. The van der Waals surface area contributed by atoms with Crippen LogP contribution in [-0.2, 0) is 6.42 Å². The molecule has 0 N–H and O–H groups in total. The summed E-state index contributed by atoms with van der Waals surface area (Å²) in [5, 5.41) is 1.71. The number of benzene rings is 4. The van der Waals surface area contributed by atoms with Crippen molar-refractivity contribution in [2.24, 2.45) is 5.41 Å². The summed E-state index contributed by atoms with van der Waals surface area (Å²) in [6.07, 6.45) is -0.995. The van der Waals surface area contributed by atoms with Crippen LogP contribution in [-0.4, -0.2) is 16.1 Å². The van der Waals surface area contributed by atoms with Crippen molar-refractivity contribution < 1.29 is 22.6 Å².